The van der Waals surface area contributed by atoms with Gasteiger partial charge in [-0.3, -0.25) is 9.59 Å². The Morgan fingerprint density at radius 2 is 2.06 bits per heavy atom. The molecule has 32 heavy (non-hydrogen) atoms. The van der Waals surface area contributed by atoms with Crippen molar-refractivity contribution in [1.82, 2.24) is 5.32 Å². The van der Waals surface area contributed by atoms with E-state index < -0.39 is 5.97 Å². The predicted molar refractivity (Wildman–Crippen MR) is 133 cm³/mol. The SMILES string of the molecule is CC1(C)[C@@H]2C[C@H](C/C=C\CCCC(=O)O)[C@@H](NC(=O)c3ccc(Sc4cccs4)s3)[C@H]1C2. The minimum absolute atomic E-state index is 0.0506. The van der Waals surface area contributed by atoms with Gasteiger partial charge in [0, 0.05) is 12.5 Å². The first-order valence-corrected chi connectivity index (χ1v) is 13.8. The molecule has 3 saturated carbocycles. The molecule has 3 aliphatic rings. The van der Waals surface area contributed by atoms with Crippen LogP contribution in [0.5, 0.6) is 0 Å². The number of thiophene rings is 2. The van der Waals surface area contributed by atoms with Crippen molar-refractivity contribution in [3.63, 3.8) is 0 Å². The van der Waals surface area contributed by atoms with E-state index in [2.05, 4.69) is 42.8 Å². The Hall–Kier alpha value is -1.57. The minimum atomic E-state index is -0.735. The smallest absolute Gasteiger partial charge is 0.303 e. The molecule has 0 saturated heterocycles. The van der Waals surface area contributed by atoms with Gasteiger partial charge in [-0.1, -0.05) is 43.8 Å². The van der Waals surface area contributed by atoms with E-state index in [0.717, 1.165) is 34.3 Å². The van der Waals surface area contributed by atoms with Crippen LogP contribution in [0.4, 0.5) is 0 Å². The van der Waals surface area contributed by atoms with E-state index in [1.165, 1.54) is 10.6 Å². The summed E-state index contributed by atoms with van der Waals surface area (Å²) >= 11 is 5.00. The van der Waals surface area contributed by atoms with Gasteiger partial charge in [0.15, 0.2) is 0 Å². The number of unbranched alkanes of at least 4 members (excludes halogenated alkanes) is 1. The van der Waals surface area contributed by atoms with Gasteiger partial charge in [-0.15, -0.1) is 22.7 Å². The second kappa shape index (κ2) is 10.1. The second-order valence-corrected chi connectivity index (χ2v) is 13.1. The van der Waals surface area contributed by atoms with E-state index in [9.17, 15) is 9.59 Å². The number of amides is 1. The predicted octanol–water partition coefficient (Wildman–Crippen LogP) is 6.94. The molecule has 2 aromatic rings. The number of hydrogen-bond donors (Lipinski definition) is 2. The largest absolute Gasteiger partial charge is 0.481 e. The Morgan fingerprint density at radius 1 is 1.22 bits per heavy atom. The lowest BCUT2D eigenvalue weighted by Gasteiger charge is -2.62. The molecule has 3 fully saturated rings. The fraction of sp³-hybridized carbons (Fsp3) is 0.520. The topological polar surface area (TPSA) is 66.4 Å². The summed E-state index contributed by atoms with van der Waals surface area (Å²) in [6.45, 7) is 4.70. The molecule has 4 nitrogen and oxygen atoms in total. The molecule has 2 bridgehead atoms. The van der Waals surface area contributed by atoms with Crippen LogP contribution in [-0.4, -0.2) is 23.0 Å². The molecule has 0 spiro atoms. The Morgan fingerprint density at radius 3 is 2.78 bits per heavy atom. The third-order valence-corrected chi connectivity index (χ3v) is 10.5. The maximum absolute atomic E-state index is 13.1. The van der Waals surface area contributed by atoms with Crippen LogP contribution >= 0.6 is 34.4 Å². The number of carboxylic acids is 1. The van der Waals surface area contributed by atoms with E-state index in [4.69, 9.17) is 5.11 Å². The van der Waals surface area contributed by atoms with Crippen molar-refractivity contribution in [1.29, 1.82) is 0 Å². The highest BCUT2D eigenvalue weighted by Crippen LogP contribution is 2.61. The van der Waals surface area contributed by atoms with E-state index >= 15 is 0 Å². The number of carbonyl (C=O) groups is 2. The first-order chi connectivity index (χ1) is 15.3. The quantitative estimate of drug-likeness (QED) is 0.280. The summed E-state index contributed by atoms with van der Waals surface area (Å²) < 4.78 is 2.38. The van der Waals surface area contributed by atoms with Crippen LogP contribution in [-0.2, 0) is 4.79 Å². The fourth-order valence-corrected chi connectivity index (χ4v) is 8.33. The summed E-state index contributed by atoms with van der Waals surface area (Å²) in [5.74, 6) is 1.03. The molecule has 2 aromatic heterocycles. The molecule has 0 unspecified atom stereocenters. The lowest BCUT2D eigenvalue weighted by atomic mass is 9.44. The normalized spacial score (nSPS) is 26.1. The standard InChI is InChI=1S/C25H31NO3S3/c1-25(2)17-14-16(8-5-3-4-6-9-20(27)28)23(18(25)15-17)26-24(29)19-11-12-22(31-19)32-21-10-7-13-30-21/h3,5,7,10-13,16-18,23H,4,6,8-9,14-15H2,1-2H3,(H,26,29)(H,27,28)/b5-3-/t16-,17+,18+,23+/m0/s1. The number of aliphatic carboxylic acids is 1. The van der Waals surface area contributed by atoms with E-state index in [-0.39, 0.29) is 23.8 Å². The molecule has 7 heteroatoms. The second-order valence-electron chi connectivity index (χ2n) is 9.50. The van der Waals surface area contributed by atoms with Crippen molar-refractivity contribution in [2.75, 3.05) is 0 Å². The Bertz CT molecular complexity index is 963. The van der Waals surface area contributed by atoms with Gasteiger partial charge in [-0.05, 0) is 78.9 Å². The summed E-state index contributed by atoms with van der Waals surface area (Å²) in [7, 11) is 0. The lowest BCUT2D eigenvalue weighted by Crippen LogP contribution is -2.63. The van der Waals surface area contributed by atoms with Crippen LogP contribution in [0.1, 0.15) is 62.0 Å². The highest BCUT2D eigenvalue weighted by Gasteiger charge is 2.57. The molecule has 5 rings (SSSR count). The van der Waals surface area contributed by atoms with E-state index in [1.54, 1.807) is 34.4 Å². The number of rotatable bonds is 10. The molecule has 0 aliphatic heterocycles. The summed E-state index contributed by atoms with van der Waals surface area (Å²) in [6.07, 6.45) is 9.32. The van der Waals surface area contributed by atoms with Gasteiger partial charge < -0.3 is 10.4 Å². The highest BCUT2D eigenvalue weighted by molar-refractivity contribution is 8.02. The molecule has 3 aliphatic carbocycles. The van der Waals surface area contributed by atoms with Crippen LogP contribution in [0.15, 0.2) is 50.2 Å². The van der Waals surface area contributed by atoms with Gasteiger partial charge in [-0.2, -0.15) is 0 Å². The van der Waals surface area contributed by atoms with Crippen molar-refractivity contribution in [2.24, 2.45) is 23.2 Å². The van der Waals surface area contributed by atoms with Crippen LogP contribution in [0.3, 0.4) is 0 Å². The van der Waals surface area contributed by atoms with Gasteiger partial charge in [0.05, 0.1) is 13.3 Å². The molecule has 0 radical (unpaired) electrons. The van der Waals surface area contributed by atoms with Gasteiger partial charge in [0.25, 0.3) is 5.91 Å². The first kappa shape index (κ1) is 23.6. The Kier molecular flexibility index (Phi) is 7.47. The maximum Gasteiger partial charge on any atom is 0.303 e. The molecule has 172 valence electrons. The van der Waals surface area contributed by atoms with Gasteiger partial charge in [0.1, 0.15) is 0 Å². The minimum Gasteiger partial charge on any atom is -0.481 e. The van der Waals surface area contributed by atoms with Crippen molar-refractivity contribution in [3.8, 4) is 0 Å². The lowest BCUT2D eigenvalue weighted by molar-refractivity contribution is -0.137. The van der Waals surface area contributed by atoms with Gasteiger partial charge >= 0.3 is 5.97 Å². The Balaban J connectivity index is 1.37. The zero-order chi connectivity index (χ0) is 22.7. The highest BCUT2D eigenvalue weighted by atomic mass is 32.2. The summed E-state index contributed by atoms with van der Waals surface area (Å²) in [5.41, 5.74) is 0.287. The first-order valence-electron chi connectivity index (χ1n) is 11.3. The van der Waals surface area contributed by atoms with Crippen molar-refractivity contribution in [2.45, 2.75) is 66.8 Å². The van der Waals surface area contributed by atoms with Crippen LogP contribution < -0.4 is 5.32 Å². The average Bonchev–Trinajstić information content (AvgIpc) is 3.43. The van der Waals surface area contributed by atoms with E-state index in [1.807, 2.05) is 18.2 Å². The average molecular weight is 490 g/mol. The van der Waals surface area contributed by atoms with E-state index in [0.29, 0.717) is 18.3 Å². The number of fused-ring (bicyclic) bond motifs is 2. The summed E-state index contributed by atoms with van der Waals surface area (Å²) in [5, 5.41) is 14.3. The van der Waals surface area contributed by atoms with Crippen LogP contribution in [0.25, 0.3) is 0 Å². The van der Waals surface area contributed by atoms with Crippen molar-refractivity contribution < 1.29 is 14.7 Å². The number of hydrogen-bond acceptors (Lipinski definition) is 5. The third kappa shape index (κ3) is 5.32. The van der Waals surface area contributed by atoms with Crippen LogP contribution in [0.2, 0.25) is 0 Å². The zero-order valence-electron chi connectivity index (χ0n) is 18.6. The number of carbonyl (C=O) groups excluding carboxylic acids is 1. The molecular weight excluding hydrogens is 458 g/mol. The van der Waals surface area contributed by atoms with Crippen molar-refractivity contribution in [3.05, 3.63) is 46.7 Å². The van der Waals surface area contributed by atoms with Crippen LogP contribution in [0, 0.1) is 23.2 Å². The van der Waals surface area contributed by atoms with Crippen molar-refractivity contribution >= 4 is 46.3 Å². The molecular formula is C25H31NO3S3. The summed E-state index contributed by atoms with van der Waals surface area (Å²) in [6, 6.07) is 8.34. The monoisotopic (exact) mass is 489 g/mol. The van der Waals surface area contributed by atoms with Gasteiger partial charge in [-0.25, -0.2) is 0 Å². The summed E-state index contributed by atoms with van der Waals surface area (Å²) in [4.78, 5) is 24.6. The molecule has 1 amide bonds. The van der Waals surface area contributed by atoms with Gasteiger partial charge in [0.2, 0.25) is 0 Å². The maximum atomic E-state index is 13.1. The third-order valence-electron chi connectivity index (χ3n) is 7.24. The molecule has 2 N–H and O–H groups in total. The number of nitrogens with one attached hydrogen (secondary N) is 1. The molecule has 4 atom stereocenters. The number of carboxylic acid groups (broad SMARTS) is 1. The Labute approximate surface area is 202 Å². The zero-order valence-corrected chi connectivity index (χ0v) is 21.0. The fourth-order valence-electron chi connectivity index (χ4n) is 5.27. The molecule has 0 aromatic carbocycles. The molecule has 2 heterocycles. The number of allylic oxidation sites excluding steroid dienone is 2.